The van der Waals surface area contributed by atoms with Gasteiger partial charge in [0.2, 0.25) is 0 Å². The van der Waals surface area contributed by atoms with Crippen LogP contribution in [-0.2, 0) is 0 Å². The van der Waals surface area contributed by atoms with Gasteiger partial charge in [-0.2, -0.15) is 0 Å². The predicted octanol–water partition coefficient (Wildman–Crippen LogP) is 3.79. The number of hydrogen-bond donors (Lipinski definition) is 0. The van der Waals surface area contributed by atoms with Crippen LogP contribution in [0.25, 0.3) is 0 Å². The van der Waals surface area contributed by atoms with Crippen molar-refractivity contribution >= 4 is 0 Å². The minimum absolute atomic E-state index is 0.278. The van der Waals surface area contributed by atoms with Gasteiger partial charge in [-0.15, -0.1) is 0 Å². The van der Waals surface area contributed by atoms with E-state index in [1.54, 1.807) is 0 Å². The second-order valence-electron chi connectivity index (χ2n) is 4.28. The van der Waals surface area contributed by atoms with Crippen molar-refractivity contribution in [3.8, 4) is 5.75 Å². The zero-order chi connectivity index (χ0) is 10.7. The first-order valence-corrected chi connectivity index (χ1v) is 5.66. The van der Waals surface area contributed by atoms with Crippen molar-refractivity contribution in [3.63, 3.8) is 0 Å². The van der Waals surface area contributed by atoms with Gasteiger partial charge in [0, 0.05) is 0 Å². The molecule has 1 unspecified atom stereocenters. The van der Waals surface area contributed by atoms with E-state index in [1.807, 2.05) is 0 Å². The summed E-state index contributed by atoms with van der Waals surface area (Å²) < 4.78 is 5.95. The topological polar surface area (TPSA) is 9.23 Å². The Labute approximate surface area is 91.8 Å². The van der Waals surface area contributed by atoms with Gasteiger partial charge in [-0.25, -0.2) is 0 Å². The van der Waals surface area contributed by atoms with Gasteiger partial charge in [0.15, 0.2) is 0 Å². The second-order valence-corrected chi connectivity index (χ2v) is 4.28. The molecule has 1 heteroatoms. The van der Waals surface area contributed by atoms with E-state index in [2.05, 4.69) is 44.2 Å². The summed E-state index contributed by atoms with van der Waals surface area (Å²) in [5.74, 6) is 1.03. The molecule has 0 amide bonds. The minimum atomic E-state index is 0.278. The largest absolute Gasteiger partial charge is 0.486 e. The van der Waals surface area contributed by atoms with Crippen LogP contribution in [0.2, 0.25) is 0 Å². The van der Waals surface area contributed by atoms with E-state index < -0.39 is 0 Å². The lowest BCUT2D eigenvalue weighted by Gasteiger charge is -2.19. The predicted molar refractivity (Wildman–Crippen MR) is 63.3 cm³/mol. The van der Waals surface area contributed by atoms with Crippen molar-refractivity contribution in [2.45, 2.75) is 39.2 Å². The van der Waals surface area contributed by atoms with Crippen LogP contribution >= 0.6 is 0 Å². The Kier molecular flexibility index (Phi) is 3.10. The van der Waals surface area contributed by atoms with Gasteiger partial charge >= 0.3 is 0 Å². The minimum Gasteiger partial charge on any atom is -0.486 e. The van der Waals surface area contributed by atoms with Crippen LogP contribution in [0.4, 0.5) is 0 Å². The first kappa shape index (κ1) is 10.3. The summed E-state index contributed by atoms with van der Waals surface area (Å²) in [4.78, 5) is 0. The zero-order valence-electron chi connectivity index (χ0n) is 9.49. The van der Waals surface area contributed by atoms with Crippen molar-refractivity contribution in [1.82, 2.24) is 0 Å². The molecule has 1 atom stereocenters. The summed E-state index contributed by atoms with van der Waals surface area (Å²) in [5.41, 5.74) is 2.52. The Balaban J connectivity index is 2.09. The lowest BCUT2D eigenvalue weighted by atomic mass is 10.1. The third-order valence-electron chi connectivity index (χ3n) is 2.82. The van der Waals surface area contributed by atoms with Crippen molar-refractivity contribution in [1.29, 1.82) is 0 Å². The van der Waals surface area contributed by atoms with Crippen LogP contribution in [0.1, 0.15) is 30.4 Å². The number of aryl methyl sites for hydroxylation is 2. The molecule has 0 aliphatic heterocycles. The SMILES string of the molecule is Cc1ccc(OC2C=CCCC2)c(C)c1. The Morgan fingerprint density at radius 1 is 1.27 bits per heavy atom. The number of hydrogen-bond acceptors (Lipinski definition) is 1. The van der Waals surface area contributed by atoms with Crippen molar-refractivity contribution in [2.24, 2.45) is 0 Å². The van der Waals surface area contributed by atoms with Crippen molar-refractivity contribution in [3.05, 3.63) is 41.5 Å². The molecule has 0 N–H and O–H groups in total. The molecule has 1 aliphatic rings. The van der Waals surface area contributed by atoms with E-state index in [-0.39, 0.29) is 6.10 Å². The monoisotopic (exact) mass is 202 g/mol. The molecule has 0 spiro atoms. The molecule has 0 saturated carbocycles. The van der Waals surface area contributed by atoms with Gasteiger partial charge in [0.05, 0.1) is 0 Å². The summed E-state index contributed by atoms with van der Waals surface area (Å²) in [5, 5.41) is 0. The first-order chi connectivity index (χ1) is 7.25. The summed E-state index contributed by atoms with van der Waals surface area (Å²) in [6.45, 7) is 4.21. The Hall–Kier alpha value is -1.24. The maximum absolute atomic E-state index is 5.95. The highest BCUT2D eigenvalue weighted by Gasteiger charge is 2.10. The molecule has 0 radical (unpaired) electrons. The molecule has 2 rings (SSSR count). The van der Waals surface area contributed by atoms with Crippen LogP contribution in [-0.4, -0.2) is 6.10 Å². The van der Waals surface area contributed by atoms with Gasteiger partial charge in [-0.1, -0.05) is 23.8 Å². The Morgan fingerprint density at radius 3 is 2.80 bits per heavy atom. The van der Waals surface area contributed by atoms with Gasteiger partial charge in [0.1, 0.15) is 11.9 Å². The second kappa shape index (κ2) is 4.52. The molecule has 80 valence electrons. The lowest BCUT2D eigenvalue weighted by Crippen LogP contribution is -2.16. The molecule has 15 heavy (non-hydrogen) atoms. The quantitative estimate of drug-likeness (QED) is 0.663. The van der Waals surface area contributed by atoms with Gasteiger partial charge in [0.25, 0.3) is 0 Å². The van der Waals surface area contributed by atoms with Crippen LogP contribution in [0.3, 0.4) is 0 Å². The maximum atomic E-state index is 5.95. The summed E-state index contributed by atoms with van der Waals surface area (Å²) in [6.07, 6.45) is 8.27. The molecule has 0 fully saturated rings. The Morgan fingerprint density at radius 2 is 2.13 bits per heavy atom. The third kappa shape index (κ3) is 2.62. The van der Waals surface area contributed by atoms with E-state index in [1.165, 1.54) is 24.0 Å². The molecule has 0 aromatic heterocycles. The summed E-state index contributed by atoms with van der Waals surface area (Å²) in [6, 6.07) is 6.35. The van der Waals surface area contributed by atoms with E-state index in [0.29, 0.717) is 0 Å². The smallest absolute Gasteiger partial charge is 0.123 e. The number of benzene rings is 1. The molecule has 1 aliphatic carbocycles. The first-order valence-electron chi connectivity index (χ1n) is 5.66. The third-order valence-corrected chi connectivity index (χ3v) is 2.82. The standard InChI is InChI=1S/C14H18O/c1-11-8-9-14(12(2)10-11)15-13-6-4-3-5-7-13/h4,6,8-10,13H,3,5,7H2,1-2H3. The molecule has 0 heterocycles. The number of ether oxygens (including phenoxy) is 1. The molecule has 0 bridgehead atoms. The van der Waals surface area contributed by atoms with Crippen molar-refractivity contribution < 1.29 is 4.74 Å². The van der Waals surface area contributed by atoms with Crippen LogP contribution in [0.5, 0.6) is 5.75 Å². The fraction of sp³-hybridized carbons (Fsp3) is 0.429. The molecule has 1 nitrogen and oxygen atoms in total. The average Bonchev–Trinajstić information content (AvgIpc) is 2.24. The molecular weight excluding hydrogens is 184 g/mol. The molecular formula is C14H18O. The lowest BCUT2D eigenvalue weighted by molar-refractivity contribution is 0.228. The highest BCUT2D eigenvalue weighted by molar-refractivity contribution is 5.36. The average molecular weight is 202 g/mol. The molecule has 0 saturated heterocycles. The fourth-order valence-corrected chi connectivity index (χ4v) is 1.97. The van der Waals surface area contributed by atoms with Gasteiger partial charge in [-0.05, 0) is 50.8 Å². The Bertz CT molecular complexity index is 366. The normalized spacial score (nSPS) is 20.3. The summed E-state index contributed by atoms with van der Waals surface area (Å²) >= 11 is 0. The van der Waals surface area contributed by atoms with E-state index in [4.69, 9.17) is 4.74 Å². The highest BCUT2D eigenvalue weighted by Crippen LogP contribution is 2.23. The van der Waals surface area contributed by atoms with Crippen LogP contribution in [0.15, 0.2) is 30.4 Å². The van der Waals surface area contributed by atoms with Crippen LogP contribution in [0, 0.1) is 13.8 Å². The van der Waals surface area contributed by atoms with E-state index in [0.717, 1.165) is 12.2 Å². The van der Waals surface area contributed by atoms with Gasteiger partial charge < -0.3 is 4.74 Å². The van der Waals surface area contributed by atoms with E-state index >= 15 is 0 Å². The fourth-order valence-electron chi connectivity index (χ4n) is 1.97. The maximum Gasteiger partial charge on any atom is 0.123 e. The zero-order valence-corrected chi connectivity index (χ0v) is 9.49. The number of allylic oxidation sites excluding steroid dienone is 1. The van der Waals surface area contributed by atoms with E-state index in [9.17, 15) is 0 Å². The van der Waals surface area contributed by atoms with Crippen molar-refractivity contribution in [2.75, 3.05) is 0 Å². The number of rotatable bonds is 2. The highest BCUT2D eigenvalue weighted by atomic mass is 16.5. The molecule has 1 aromatic rings. The molecule has 1 aromatic carbocycles. The van der Waals surface area contributed by atoms with Crippen LogP contribution < -0.4 is 4.74 Å². The van der Waals surface area contributed by atoms with Gasteiger partial charge in [-0.3, -0.25) is 0 Å². The summed E-state index contributed by atoms with van der Waals surface area (Å²) in [7, 11) is 0.